The molecular weight excluding hydrogens is 414 g/mol. The average molecular weight is 438 g/mol. The van der Waals surface area contributed by atoms with E-state index in [9.17, 15) is 13.2 Å². The first-order valence-electron chi connectivity index (χ1n) is 10.1. The molecule has 0 spiro atoms. The van der Waals surface area contributed by atoms with Gasteiger partial charge in [0.2, 0.25) is 0 Å². The Morgan fingerprint density at radius 3 is 2.62 bits per heavy atom. The van der Waals surface area contributed by atoms with Crippen LogP contribution in [0.15, 0.2) is 30.5 Å². The van der Waals surface area contributed by atoms with E-state index in [1.807, 2.05) is 12.1 Å². The summed E-state index contributed by atoms with van der Waals surface area (Å²) in [6.45, 7) is 1.17. The minimum absolute atomic E-state index is 0.000731. The van der Waals surface area contributed by atoms with Crippen molar-refractivity contribution in [3.8, 4) is 0 Å². The SMILES string of the molecule is O=C1C(c2ccc(Cl)cc2)=COC2C1CCC1OCN(C3CCS(=O)(=O)C3)CC12. The number of rotatable bonds is 2. The minimum atomic E-state index is -2.95. The number of allylic oxidation sites excluding steroid dienone is 1. The molecule has 5 rings (SSSR count). The lowest BCUT2D eigenvalue weighted by Crippen LogP contribution is -2.58. The van der Waals surface area contributed by atoms with E-state index in [1.54, 1.807) is 18.4 Å². The van der Waals surface area contributed by atoms with E-state index >= 15 is 0 Å². The predicted molar refractivity (Wildman–Crippen MR) is 109 cm³/mol. The highest BCUT2D eigenvalue weighted by atomic mass is 35.5. The Morgan fingerprint density at radius 1 is 1.10 bits per heavy atom. The van der Waals surface area contributed by atoms with Crippen molar-refractivity contribution in [1.82, 2.24) is 4.90 Å². The molecule has 156 valence electrons. The second-order valence-electron chi connectivity index (χ2n) is 8.51. The number of hydrogen-bond acceptors (Lipinski definition) is 6. The van der Waals surface area contributed by atoms with E-state index in [2.05, 4.69) is 4.90 Å². The van der Waals surface area contributed by atoms with Gasteiger partial charge in [-0.25, -0.2) is 8.42 Å². The zero-order valence-electron chi connectivity index (χ0n) is 16.0. The highest BCUT2D eigenvalue weighted by molar-refractivity contribution is 7.91. The van der Waals surface area contributed by atoms with Crippen molar-refractivity contribution < 1.29 is 22.7 Å². The summed E-state index contributed by atoms with van der Waals surface area (Å²) in [7, 11) is -2.95. The predicted octanol–water partition coefficient (Wildman–Crippen LogP) is 2.52. The number of halogens is 1. The lowest BCUT2D eigenvalue weighted by Gasteiger charge is -2.49. The van der Waals surface area contributed by atoms with Crippen LogP contribution in [0.2, 0.25) is 5.02 Å². The summed E-state index contributed by atoms with van der Waals surface area (Å²) in [5.74, 6) is 0.432. The lowest BCUT2D eigenvalue weighted by molar-refractivity contribution is -0.175. The van der Waals surface area contributed by atoms with Crippen LogP contribution in [0.3, 0.4) is 0 Å². The molecule has 1 saturated carbocycles. The molecular formula is C21H24ClNO5S. The number of Topliss-reactive ketones (excluding diaryl/α,β-unsaturated/α-hetero) is 1. The first-order valence-corrected chi connectivity index (χ1v) is 12.3. The Labute approximate surface area is 175 Å². The monoisotopic (exact) mass is 437 g/mol. The molecule has 5 atom stereocenters. The summed E-state index contributed by atoms with van der Waals surface area (Å²) in [6.07, 6.45) is 3.65. The van der Waals surface area contributed by atoms with Crippen molar-refractivity contribution in [1.29, 1.82) is 0 Å². The molecule has 3 heterocycles. The van der Waals surface area contributed by atoms with Gasteiger partial charge in [0.25, 0.3) is 0 Å². The van der Waals surface area contributed by atoms with Gasteiger partial charge in [-0.3, -0.25) is 9.69 Å². The number of benzene rings is 1. The lowest BCUT2D eigenvalue weighted by atomic mass is 9.71. The molecule has 1 aromatic rings. The van der Waals surface area contributed by atoms with Gasteiger partial charge in [0.15, 0.2) is 15.6 Å². The molecule has 6 nitrogen and oxygen atoms in total. The second-order valence-corrected chi connectivity index (χ2v) is 11.2. The number of carbonyl (C=O) groups is 1. The molecule has 29 heavy (non-hydrogen) atoms. The average Bonchev–Trinajstić information content (AvgIpc) is 3.08. The van der Waals surface area contributed by atoms with Crippen molar-refractivity contribution in [2.45, 2.75) is 37.5 Å². The van der Waals surface area contributed by atoms with Crippen LogP contribution in [0.25, 0.3) is 5.57 Å². The highest BCUT2D eigenvalue weighted by Crippen LogP contribution is 2.42. The summed E-state index contributed by atoms with van der Waals surface area (Å²) in [4.78, 5) is 15.4. The minimum Gasteiger partial charge on any atom is -0.496 e. The Kier molecular flexibility index (Phi) is 4.97. The summed E-state index contributed by atoms with van der Waals surface area (Å²) in [6, 6.07) is 7.23. The van der Waals surface area contributed by atoms with Crippen LogP contribution in [-0.2, 0) is 24.1 Å². The van der Waals surface area contributed by atoms with E-state index in [-0.39, 0.29) is 47.4 Å². The number of ether oxygens (including phenoxy) is 2. The molecule has 0 amide bonds. The molecule has 1 aliphatic carbocycles. The van der Waals surface area contributed by atoms with Crippen LogP contribution >= 0.6 is 11.6 Å². The van der Waals surface area contributed by atoms with Crippen LogP contribution < -0.4 is 0 Å². The van der Waals surface area contributed by atoms with Gasteiger partial charge in [-0.15, -0.1) is 0 Å². The fourth-order valence-electron chi connectivity index (χ4n) is 5.21. The molecule has 0 bridgehead atoms. The normalized spacial score (nSPS) is 36.7. The maximum absolute atomic E-state index is 13.2. The largest absolute Gasteiger partial charge is 0.496 e. The molecule has 0 aromatic heterocycles. The van der Waals surface area contributed by atoms with Crippen molar-refractivity contribution in [3.63, 3.8) is 0 Å². The topological polar surface area (TPSA) is 72.9 Å². The third-order valence-electron chi connectivity index (χ3n) is 6.78. The van der Waals surface area contributed by atoms with Gasteiger partial charge < -0.3 is 9.47 Å². The molecule has 0 N–H and O–H groups in total. The number of carbonyl (C=O) groups excluding carboxylic acids is 1. The van der Waals surface area contributed by atoms with E-state index in [4.69, 9.17) is 21.1 Å². The summed E-state index contributed by atoms with van der Waals surface area (Å²) < 4.78 is 36.0. The summed E-state index contributed by atoms with van der Waals surface area (Å²) >= 11 is 5.97. The van der Waals surface area contributed by atoms with Crippen molar-refractivity contribution in [3.05, 3.63) is 41.1 Å². The van der Waals surface area contributed by atoms with Gasteiger partial charge in [-0.1, -0.05) is 23.7 Å². The molecule has 3 fully saturated rings. The third kappa shape index (κ3) is 3.63. The first kappa shape index (κ1) is 19.5. The van der Waals surface area contributed by atoms with Crippen LogP contribution in [0.4, 0.5) is 0 Å². The molecule has 4 aliphatic rings. The van der Waals surface area contributed by atoms with Crippen LogP contribution in [0.1, 0.15) is 24.8 Å². The van der Waals surface area contributed by atoms with E-state index in [0.717, 1.165) is 18.4 Å². The fraction of sp³-hybridized carbons (Fsp3) is 0.571. The van der Waals surface area contributed by atoms with E-state index in [1.165, 1.54) is 0 Å². The number of nitrogens with zero attached hydrogens (tertiary/aromatic N) is 1. The number of fused-ring (bicyclic) bond motifs is 3. The van der Waals surface area contributed by atoms with Crippen LogP contribution in [0.5, 0.6) is 0 Å². The maximum Gasteiger partial charge on any atom is 0.173 e. The first-order chi connectivity index (χ1) is 13.9. The highest BCUT2D eigenvalue weighted by Gasteiger charge is 2.50. The van der Waals surface area contributed by atoms with E-state index < -0.39 is 9.84 Å². The zero-order valence-corrected chi connectivity index (χ0v) is 17.6. The molecule has 2 saturated heterocycles. The Balaban J connectivity index is 1.35. The third-order valence-corrected chi connectivity index (χ3v) is 8.79. The quantitative estimate of drug-likeness (QED) is 0.707. The molecule has 8 heteroatoms. The fourth-order valence-corrected chi connectivity index (χ4v) is 7.10. The number of sulfone groups is 1. The Hall–Kier alpha value is -1.41. The van der Waals surface area contributed by atoms with Crippen LogP contribution in [-0.4, -0.2) is 62.1 Å². The summed E-state index contributed by atoms with van der Waals surface area (Å²) in [5, 5.41) is 0.630. The molecule has 5 unspecified atom stereocenters. The van der Waals surface area contributed by atoms with E-state index in [0.29, 0.717) is 30.3 Å². The van der Waals surface area contributed by atoms with Crippen molar-refractivity contribution in [2.24, 2.45) is 11.8 Å². The van der Waals surface area contributed by atoms with Crippen molar-refractivity contribution >= 4 is 32.8 Å². The van der Waals surface area contributed by atoms with Gasteiger partial charge in [0.1, 0.15) is 6.10 Å². The van der Waals surface area contributed by atoms with Crippen molar-refractivity contribution in [2.75, 3.05) is 24.8 Å². The smallest absolute Gasteiger partial charge is 0.173 e. The maximum atomic E-state index is 13.2. The second kappa shape index (κ2) is 7.38. The standard InChI is InChI=1S/C21H24ClNO5S/c22-14-3-1-13(2-4-14)18-10-27-21-16(20(18)24)5-6-19-17(21)9-23(12-28-19)15-7-8-29(25,26)11-15/h1-4,10,15-17,19,21H,5-9,11-12H2. The van der Waals surface area contributed by atoms with Gasteiger partial charge >= 0.3 is 0 Å². The zero-order chi connectivity index (χ0) is 20.2. The number of hydrogen-bond donors (Lipinski definition) is 0. The van der Waals surface area contributed by atoms with Gasteiger partial charge in [0, 0.05) is 23.5 Å². The molecule has 1 aromatic carbocycles. The molecule has 0 radical (unpaired) electrons. The number of ketones is 1. The van der Waals surface area contributed by atoms with Gasteiger partial charge in [0.05, 0.1) is 42.1 Å². The Bertz CT molecular complexity index is 944. The van der Waals surface area contributed by atoms with Crippen LogP contribution in [0, 0.1) is 11.8 Å². The van der Waals surface area contributed by atoms with Gasteiger partial charge in [-0.05, 0) is 37.0 Å². The van der Waals surface area contributed by atoms with Gasteiger partial charge in [-0.2, -0.15) is 0 Å². The summed E-state index contributed by atoms with van der Waals surface area (Å²) in [5.41, 5.74) is 1.41. The molecule has 3 aliphatic heterocycles. The Morgan fingerprint density at radius 2 is 1.90 bits per heavy atom.